The van der Waals surface area contributed by atoms with Crippen molar-refractivity contribution in [3.63, 3.8) is 0 Å². The van der Waals surface area contributed by atoms with Crippen LogP contribution in [0.5, 0.6) is 0 Å². The van der Waals surface area contributed by atoms with Crippen LogP contribution in [0.15, 0.2) is 0 Å². The third-order valence-corrected chi connectivity index (χ3v) is 2.35. The van der Waals surface area contributed by atoms with Gasteiger partial charge in [0, 0.05) is 12.0 Å². The molecule has 88 valence electrons. The minimum absolute atomic E-state index is 0.0187. The number of carboxylic acid groups (broad SMARTS) is 1. The average Bonchev–Trinajstić information content (AvgIpc) is 2.09. The van der Waals surface area contributed by atoms with E-state index in [1.165, 1.54) is 4.90 Å². The Labute approximate surface area is 91.3 Å². The Morgan fingerprint density at radius 2 is 1.73 bits per heavy atom. The predicted molar refractivity (Wildman–Crippen MR) is 59.0 cm³/mol. The van der Waals surface area contributed by atoms with Crippen LogP contribution in [0.3, 0.4) is 0 Å². The molecule has 0 rings (SSSR count). The van der Waals surface area contributed by atoms with Crippen LogP contribution >= 0.6 is 0 Å². The summed E-state index contributed by atoms with van der Waals surface area (Å²) in [6, 6.07) is -0.521. The highest BCUT2D eigenvalue weighted by Crippen LogP contribution is 2.20. The summed E-state index contributed by atoms with van der Waals surface area (Å²) < 4.78 is 0. The van der Waals surface area contributed by atoms with Gasteiger partial charge >= 0.3 is 6.09 Å². The second-order valence-electron chi connectivity index (χ2n) is 4.57. The van der Waals surface area contributed by atoms with Crippen LogP contribution < -0.4 is 0 Å². The van der Waals surface area contributed by atoms with Crippen LogP contribution in [-0.2, 0) is 4.79 Å². The third-order valence-electron chi connectivity index (χ3n) is 2.35. The van der Waals surface area contributed by atoms with Crippen LogP contribution in [0.25, 0.3) is 0 Å². The van der Waals surface area contributed by atoms with Crippen molar-refractivity contribution in [3.05, 3.63) is 0 Å². The number of rotatable bonds is 4. The first-order chi connectivity index (χ1) is 6.75. The number of Topliss-reactive ketones (excluding diaryl/α,β-unsaturated/α-hetero) is 1. The molecule has 0 saturated carbocycles. The lowest BCUT2D eigenvalue weighted by Gasteiger charge is -2.38. The van der Waals surface area contributed by atoms with Gasteiger partial charge in [0.15, 0.2) is 5.78 Å². The minimum atomic E-state index is -1.03. The Balaban J connectivity index is 5.04. The number of hydrogen-bond acceptors (Lipinski definition) is 2. The van der Waals surface area contributed by atoms with Crippen LogP contribution in [0.4, 0.5) is 4.79 Å². The van der Waals surface area contributed by atoms with Gasteiger partial charge in [-0.2, -0.15) is 0 Å². The second kappa shape index (κ2) is 5.14. The monoisotopic (exact) mass is 215 g/mol. The van der Waals surface area contributed by atoms with Gasteiger partial charge in [-0.1, -0.05) is 13.8 Å². The largest absolute Gasteiger partial charge is 0.465 e. The topological polar surface area (TPSA) is 57.6 Å². The summed E-state index contributed by atoms with van der Waals surface area (Å²) in [5.74, 6) is -0.0187. The Morgan fingerprint density at radius 3 is 1.93 bits per heavy atom. The molecule has 0 radical (unpaired) electrons. The lowest BCUT2D eigenvalue weighted by molar-refractivity contribution is -0.125. The van der Waals surface area contributed by atoms with Crippen LogP contribution in [-0.4, -0.2) is 33.5 Å². The number of hydrogen-bond donors (Lipinski definition) is 1. The van der Waals surface area contributed by atoms with Crippen LogP contribution in [0.2, 0.25) is 0 Å². The molecule has 0 aromatic rings. The van der Waals surface area contributed by atoms with Crippen molar-refractivity contribution in [1.82, 2.24) is 4.90 Å². The first-order valence-corrected chi connectivity index (χ1v) is 5.30. The van der Waals surface area contributed by atoms with Crippen molar-refractivity contribution >= 4 is 11.9 Å². The third kappa shape index (κ3) is 3.53. The van der Waals surface area contributed by atoms with E-state index in [9.17, 15) is 9.59 Å². The smallest absolute Gasteiger partial charge is 0.408 e. The summed E-state index contributed by atoms with van der Waals surface area (Å²) in [5.41, 5.74) is -0.544. The van der Waals surface area contributed by atoms with Gasteiger partial charge in [0.1, 0.15) is 0 Å². The van der Waals surface area contributed by atoms with Crippen molar-refractivity contribution in [2.24, 2.45) is 0 Å². The second-order valence-corrected chi connectivity index (χ2v) is 4.57. The maximum absolute atomic E-state index is 11.6. The Hall–Kier alpha value is -1.06. The Bertz CT molecular complexity index is 243. The molecule has 0 aliphatic carbocycles. The van der Waals surface area contributed by atoms with Gasteiger partial charge in [-0.25, -0.2) is 4.79 Å². The van der Waals surface area contributed by atoms with Gasteiger partial charge in [-0.05, 0) is 27.2 Å². The van der Waals surface area contributed by atoms with Crippen molar-refractivity contribution in [3.8, 4) is 0 Å². The van der Waals surface area contributed by atoms with E-state index in [1.54, 1.807) is 27.7 Å². The van der Waals surface area contributed by atoms with E-state index in [1.807, 2.05) is 6.92 Å². The molecular formula is C11H21NO3. The van der Waals surface area contributed by atoms with Crippen LogP contribution in [0, 0.1) is 0 Å². The van der Waals surface area contributed by atoms with E-state index in [4.69, 9.17) is 5.11 Å². The van der Waals surface area contributed by atoms with Crippen molar-refractivity contribution in [1.29, 1.82) is 0 Å². The highest BCUT2D eigenvalue weighted by Gasteiger charge is 2.35. The fraction of sp³-hybridized carbons (Fsp3) is 0.818. The number of amides is 1. The fourth-order valence-electron chi connectivity index (χ4n) is 1.68. The van der Waals surface area contributed by atoms with E-state index >= 15 is 0 Å². The lowest BCUT2D eigenvalue weighted by atomic mass is 9.98. The van der Waals surface area contributed by atoms with E-state index in [0.717, 1.165) is 0 Å². The molecule has 4 heteroatoms. The highest BCUT2D eigenvalue weighted by atomic mass is 16.4. The molecule has 0 bridgehead atoms. The zero-order valence-electron chi connectivity index (χ0n) is 10.2. The zero-order valence-corrected chi connectivity index (χ0v) is 10.2. The molecule has 1 N–H and O–H groups in total. The van der Waals surface area contributed by atoms with Crippen molar-refractivity contribution in [2.45, 2.75) is 59.0 Å². The van der Waals surface area contributed by atoms with Gasteiger partial charge < -0.3 is 5.11 Å². The summed E-state index contributed by atoms with van der Waals surface area (Å²) in [5, 5.41) is 9.13. The average molecular weight is 215 g/mol. The molecular weight excluding hydrogens is 194 g/mol. The van der Waals surface area contributed by atoms with Gasteiger partial charge in [0.05, 0.1) is 6.04 Å². The van der Waals surface area contributed by atoms with Gasteiger partial charge in [0.2, 0.25) is 0 Å². The summed E-state index contributed by atoms with van der Waals surface area (Å²) in [4.78, 5) is 24.0. The molecule has 4 nitrogen and oxygen atoms in total. The molecule has 0 fully saturated rings. The molecule has 0 aromatic heterocycles. The normalized spacial score (nSPS) is 13.4. The highest BCUT2D eigenvalue weighted by molar-refractivity contribution is 5.87. The molecule has 0 spiro atoms. The number of nitrogens with zero attached hydrogens (tertiary/aromatic N) is 1. The Morgan fingerprint density at radius 1 is 1.27 bits per heavy atom. The Kier molecular flexibility index (Phi) is 4.78. The molecule has 0 aliphatic rings. The SMILES string of the molecule is CCC(=O)[C@H](CC)N(C(=O)O)C(C)(C)C. The fourth-order valence-corrected chi connectivity index (χ4v) is 1.68. The summed E-state index contributed by atoms with van der Waals surface area (Å²) >= 11 is 0. The van der Waals surface area contributed by atoms with Crippen molar-refractivity contribution < 1.29 is 14.7 Å². The van der Waals surface area contributed by atoms with E-state index < -0.39 is 17.7 Å². The molecule has 1 amide bonds. The minimum Gasteiger partial charge on any atom is -0.465 e. The maximum Gasteiger partial charge on any atom is 0.408 e. The molecule has 0 saturated heterocycles. The first-order valence-electron chi connectivity index (χ1n) is 5.30. The van der Waals surface area contributed by atoms with Crippen molar-refractivity contribution in [2.75, 3.05) is 0 Å². The molecule has 0 aromatic carbocycles. The molecule has 0 aliphatic heterocycles. The summed E-state index contributed by atoms with van der Waals surface area (Å²) in [6.07, 6.45) is -0.134. The van der Waals surface area contributed by atoms with E-state index in [2.05, 4.69) is 0 Å². The number of ketones is 1. The predicted octanol–water partition coefficient (Wildman–Crippen LogP) is 2.52. The van der Waals surface area contributed by atoms with E-state index in [-0.39, 0.29) is 5.78 Å². The van der Waals surface area contributed by atoms with Gasteiger partial charge in [-0.15, -0.1) is 0 Å². The summed E-state index contributed by atoms with van der Waals surface area (Å²) in [6.45, 7) is 8.99. The number of carbonyl (C=O) groups excluding carboxylic acids is 1. The van der Waals surface area contributed by atoms with Gasteiger partial charge in [-0.3, -0.25) is 9.69 Å². The summed E-state index contributed by atoms with van der Waals surface area (Å²) in [7, 11) is 0. The quantitative estimate of drug-likeness (QED) is 0.784. The number of carbonyl (C=O) groups is 2. The lowest BCUT2D eigenvalue weighted by Crippen LogP contribution is -2.53. The molecule has 1 atom stereocenters. The first kappa shape index (κ1) is 13.9. The van der Waals surface area contributed by atoms with Gasteiger partial charge in [0.25, 0.3) is 0 Å². The van der Waals surface area contributed by atoms with E-state index in [0.29, 0.717) is 12.8 Å². The molecule has 0 heterocycles. The van der Waals surface area contributed by atoms with Crippen LogP contribution in [0.1, 0.15) is 47.5 Å². The standard InChI is InChI=1S/C11H21NO3/c1-6-8(9(13)7-2)12(10(14)15)11(3,4)5/h8H,6-7H2,1-5H3,(H,14,15)/t8-/m0/s1. The molecule has 0 unspecified atom stereocenters. The maximum atomic E-state index is 11.6. The molecule has 15 heavy (non-hydrogen) atoms. The zero-order chi connectivity index (χ0) is 12.2.